The zero-order valence-corrected chi connectivity index (χ0v) is 11.8. The smallest absolute Gasteiger partial charge is 0.133 e. The molecular weight excluding hydrogens is 239 g/mol. The summed E-state index contributed by atoms with van der Waals surface area (Å²) < 4.78 is 6.16. The molecule has 0 bridgehead atoms. The fourth-order valence-electron chi connectivity index (χ4n) is 2.67. The molecule has 18 heavy (non-hydrogen) atoms. The highest BCUT2D eigenvalue weighted by Gasteiger charge is 2.17. The van der Waals surface area contributed by atoms with Gasteiger partial charge in [0.2, 0.25) is 0 Å². The molecule has 94 valence electrons. The molecule has 3 rings (SSSR count). The second-order valence-corrected chi connectivity index (χ2v) is 6.39. The Morgan fingerprint density at radius 1 is 1.06 bits per heavy atom. The molecule has 2 heteroatoms. The van der Waals surface area contributed by atoms with Crippen LogP contribution in [0.25, 0.3) is 10.8 Å². The minimum absolute atomic E-state index is 0.623. The first-order valence-electron chi connectivity index (χ1n) is 6.75. The second kappa shape index (κ2) is 5.28. The van der Waals surface area contributed by atoms with Gasteiger partial charge in [-0.05, 0) is 30.7 Å². The van der Waals surface area contributed by atoms with E-state index in [0.717, 1.165) is 11.4 Å². The second-order valence-electron chi connectivity index (χ2n) is 5.13. The van der Waals surface area contributed by atoms with Crippen LogP contribution in [0.3, 0.4) is 0 Å². The molecule has 2 aromatic carbocycles. The molecule has 0 radical (unpaired) electrons. The van der Waals surface area contributed by atoms with Gasteiger partial charge >= 0.3 is 0 Å². The molecule has 1 saturated carbocycles. The Morgan fingerprint density at radius 3 is 2.67 bits per heavy atom. The molecule has 0 spiro atoms. The van der Waals surface area contributed by atoms with Gasteiger partial charge in [0.05, 0.1) is 8.81 Å². The molecule has 1 aliphatic rings. The highest BCUT2D eigenvalue weighted by atomic mass is 31.1. The van der Waals surface area contributed by atoms with Gasteiger partial charge < -0.3 is 4.52 Å². The van der Waals surface area contributed by atoms with E-state index in [2.05, 4.69) is 43.3 Å². The van der Waals surface area contributed by atoms with Crippen molar-refractivity contribution in [2.45, 2.75) is 38.3 Å². The lowest BCUT2D eigenvalue weighted by molar-refractivity contribution is 0.616. The zero-order chi connectivity index (χ0) is 12.4. The first-order chi connectivity index (χ1) is 8.84. The van der Waals surface area contributed by atoms with Gasteiger partial charge in [-0.2, -0.15) is 0 Å². The van der Waals surface area contributed by atoms with E-state index in [1.165, 1.54) is 42.0 Å². The van der Waals surface area contributed by atoms with Crippen molar-refractivity contribution in [1.82, 2.24) is 0 Å². The highest BCUT2D eigenvalue weighted by Crippen LogP contribution is 2.39. The van der Waals surface area contributed by atoms with Gasteiger partial charge in [0.1, 0.15) is 5.75 Å². The summed E-state index contributed by atoms with van der Waals surface area (Å²) in [4.78, 5) is 0. The Morgan fingerprint density at radius 2 is 1.83 bits per heavy atom. The summed E-state index contributed by atoms with van der Waals surface area (Å²) in [6.45, 7) is 2.14. The Balaban J connectivity index is 1.87. The predicted molar refractivity (Wildman–Crippen MR) is 79.9 cm³/mol. The summed E-state index contributed by atoms with van der Waals surface area (Å²) in [5, 5.41) is 2.53. The Hall–Kier alpha value is -1.07. The fraction of sp³-hybridized carbons (Fsp3) is 0.375. The van der Waals surface area contributed by atoms with Gasteiger partial charge in [-0.1, -0.05) is 49.2 Å². The molecule has 0 saturated heterocycles. The standard InChI is InChI=1S/C16H19OP/c1-12-10-11-13-6-2-5-9-15(13)16(12)17-18-14-7-3-4-8-14/h2,5-6,9-11,14,18H,3-4,7-8H2,1H3. The summed E-state index contributed by atoms with van der Waals surface area (Å²) in [5.41, 5.74) is 2.04. The van der Waals surface area contributed by atoms with Crippen molar-refractivity contribution in [2.24, 2.45) is 0 Å². The normalized spacial score (nSPS) is 16.9. The molecule has 0 amide bonds. The third kappa shape index (κ3) is 2.37. The van der Waals surface area contributed by atoms with Crippen LogP contribution < -0.4 is 4.52 Å². The molecule has 0 aromatic heterocycles. The maximum Gasteiger partial charge on any atom is 0.133 e. The van der Waals surface area contributed by atoms with Crippen LogP contribution in [0.1, 0.15) is 31.2 Å². The van der Waals surface area contributed by atoms with E-state index in [0.29, 0.717) is 8.81 Å². The lowest BCUT2D eigenvalue weighted by Gasteiger charge is -2.15. The monoisotopic (exact) mass is 258 g/mol. The van der Waals surface area contributed by atoms with Crippen molar-refractivity contribution in [3.05, 3.63) is 42.0 Å². The minimum Gasteiger partial charge on any atom is -0.476 e. The molecular formula is C16H19OP. The van der Waals surface area contributed by atoms with Gasteiger partial charge in [0.15, 0.2) is 0 Å². The van der Waals surface area contributed by atoms with Gasteiger partial charge in [-0.3, -0.25) is 0 Å². The van der Waals surface area contributed by atoms with Gasteiger partial charge in [-0.15, -0.1) is 0 Å². The topological polar surface area (TPSA) is 9.23 Å². The molecule has 1 fully saturated rings. The van der Waals surface area contributed by atoms with E-state index in [4.69, 9.17) is 4.52 Å². The number of hydrogen-bond acceptors (Lipinski definition) is 1. The van der Waals surface area contributed by atoms with Crippen LogP contribution in [0.2, 0.25) is 0 Å². The Bertz CT molecular complexity index is 544. The lowest BCUT2D eigenvalue weighted by atomic mass is 10.1. The fourth-order valence-corrected chi connectivity index (χ4v) is 3.87. The zero-order valence-electron chi connectivity index (χ0n) is 10.8. The van der Waals surface area contributed by atoms with E-state index < -0.39 is 0 Å². The van der Waals surface area contributed by atoms with Crippen molar-refractivity contribution in [3.8, 4) is 5.75 Å². The Labute approximate surface area is 110 Å². The van der Waals surface area contributed by atoms with Crippen molar-refractivity contribution in [3.63, 3.8) is 0 Å². The van der Waals surface area contributed by atoms with Crippen LogP contribution >= 0.6 is 8.81 Å². The lowest BCUT2D eigenvalue weighted by Crippen LogP contribution is -1.95. The Kier molecular flexibility index (Phi) is 3.52. The number of benzene rings is 2. The van der Waals surface area contributed by atoms with E-state index >= 15 is 0 Å². The number of rotatable bonds is 3. The number of hydrogen-bond donors (Lipinski definition) is 0. The first kappa shape index (κ1) is 12.0. The summed E-state index contributed by atoms with van der Waals surface area (Å²) in [7, 11) is 0.623. The quantitative estimate of drug-likeness (QED) is 0.699. The van der Waals surface area contributed by atoms with Crippen LogP contribution in [-0.2, 0) is 0 Å². The summed E-state index contributed by atoms with van der Waals surface area (Å²) in [5.74, 6) is 1.10. The number of fused-ring (bicyclic) bond motifs is 1. The maximum atomic E-state index is 6.16. The molecule has 1 atom stereocenters. The minimum atomic E-state index is 0.623. The van der Waals surface area contributed by atoms with Gasteiger partial charge in [0.25, 0.3) is 0 Å². The number of aryl methyl sites for hydroxylation is 1. The van der Waals surface area contributed by atoms with Crippen LogP contribution in [-0.4, -0.2) is 5.66 Å². The average Bonchev–Trinajstić information content (AvgIpc) is 2.91. The maximum absolute atomic E-state index is 6.16. The van der Waals surface area contributed by atoms with Crippen LogP contribution in [0.15, 0.2) is 36.4 Å². The van der Waals surface area contributed by atoms with E-state index in [-0.39, 0.29) is 0 Å². The van der Waals surface area contributed by atoms with Crippen molar-refractivity contribution in [2.75, 3.05) is 0 Å². The summed E-state index contributed by atoms with van der Waals surface area (Å²) >= 11 is 0. The molecule has 1 nitrogen and oxygen atoms in total. The van der Waals surface area contributed by atoms with E-state index in [1.807, 2.05) is 0 Å². The van der Waals surface area contributed by atoms with Crippen molar-refractivity contribution in [1.29, 1.82) is 0 Å². The molecule has 1 aliphatic carbocycles. The van der Waals surface area contributed by atoms with Gasteiger partial charge in [-0.25, -0.2) is 0 Å². The summed E-state index contributed by atoms with van der Waals surface area (Å²) in [6.07, 6.45) is 5.47. The van der Waals surface area contributed by atoms with Crippen molar-refractivity contribution >= 4 is 19.6 Å². The van der Waals surface area contributed by atoms with Crippen molar-refractivity contribution < 1.29 is 4.52 Å². The van der Waals surface area contributed by atoms with E-state index in [1.54, 1.807) is 0 Å². The predicted octanol–water partition coefficient (Wildman–Crippen LogP) is 5.06. The SMILES string of the molecule is Cc1ccc2ccccc2c1OPC1CCCC1. The molecule has 0 heterocycles. The third-order valence-corrected chi connectivity index (χ3v) is 4.99. The summed E-state index contributed by atoms with van der Waals surface area (Å²) in [6, 6.07) is 12.8. The third-order valence-electron chi connectivity index (χ3n) is 3.76. The molecule has 0 N–H and O–H groups in total. The van der Waals surface area contributed by atoms with Crippen LogP contribution in [0, 0.1) is 6.92 Å². The largest absolute Gasteiger partial charge is 0.476 e. The molecule has 0 aliphatic heterocycles. The molecule has 1 unspecified atom stereocenters. The first-order valence-corrected chi connectivity index (χ1v) is 7.74. The van der Waals surface area contributed by atoms with E-state index in [9.17, 15) is 0 Å². The van der Waals surface area contributed by atoms with Crippen LogP contribution in [0.5, 0.6) is 5.75 Å². The average molecular weight is 258 g/mol. The highest BCUT2D eigenvalue weighted by molar-refractivity contribution is 7.33. The van der Waals surface area contributed by atoms with Crippen LogP contribution in [0.4, 0.5) is 0 Å². The van der Waals surface area contributed by atoms with Gasteiger partial charge in [0, 0.05) is 11.0 Å². The molecule has 2 aromatic rings.